The van der Waals surface area contributed by atoms with Crippen LogP contribution in [0.3, 0.4) is 0 Å². The number of hydrogen-bond donors (Lipinski definition) is 1. The maximum Gasteiger partial charge on any atom is 0.231 e. The van der Waals surface area contributed by atoms with E-state index in [1.54, 1.807) is 7.11 Å². The highest BCUT2D eigenvalue weighted by Gasteiger charge is 2.30. The second kappa shape index (κ2) is 4.93. The average molecular weight is 225 g/mol. The van der Waals surface area contributed by atoms with Crippen molar-refractivity contribution in [1.29, 1.82) is 0 Å². The topological polar surface area (TPSA) is 60.2 Å². The summed E-state index contributed by atoms with van der Waals surface area (Å²) in [6, 6.07) is 0.413. The fourth-order valence-corrected chi connectivity index (χ4v) is 2.18. The molecule has 1 saturated heterocycles. The molecule has 0 spiro atoms. The van der Waals surface area contributed by atoms with Crippen LogP contribution in [0.1, 0.15) is 50.4 Å². The molecule has 1 aromatic heterocycles. The molecule has 1 aliphatic rings. The largest absolute Gasteiger partial charge is 0.373 e. The summed E-state index contributed by atoms with van der Waals surface area (Å²) in [7, 11) is 1.67. The van der Waals surface area contributed by atoms with Gasteiger partial charge in [0, 0.05) is 13.2 Å². The molecule has 1 aliphatic heterocycles. The van der Waals surface area contributed by atoms with E-state index in [1.807, 2.05) is 6.92 Å². The van der Waals surface area contributed by atoms with E-state index < -0.39 is 0 Å². The Labute approximate surface area is 95.6 Å². The molecule has 1 N–H and O–H groups in total. The summed E-state index contributed by atoms with van der Waals surface area (Å²) in [6.45, 7) is 5.21. The highest BCUT2D eigenvalue weighted by molar-refractivity contribution is 5.03. The average Bonchev–Trinajstić information content (AvgIpc) is 2.89. The van der Waals surface area contributed by atoms with Gasteiger partial charge in [-0.05, 0) is 26.3 Å². The lowest BCUT2D eigenvalue weighted by molar-refractivity contribution is 0.0903. The van der Waals surface area contributed by atoms with Crippen LogP contribution < -0.4 is 5.32 Å². The van der Waals surface area contributed by atoms with Gasteiger partial charge in [-0.15, -0.1) is 0 Å². The molecule has 5 heteroatoms. The summed E-state index contributed by atoms with van der Waals surface area (Å²) in [4.78, 5) is 4.44. The van der Waals surface area contributed by atoms with Gasteiger partial charge in [-0.3, -0.25) is 0 Å². The van der Waals surface area contributed by atoms with Crippen LogP contribution in [0.25, 0.3) is 0 Å². The van der Waals surface area contributed by atoms with Crippen LogP contribution in [-0.2, 0) is 4.74 Å². The number of nitrogens with zero attached hydrogens (tertiary/aromatic N) is 2. The van der Waals surface area contributed by atoms with Gasteiger partial charge >= 0.3 is 0 Å². The van der Waals surface area contributed by atoms with Gasteiger partial charge in [-0.1, -0.05) is 12.1 Å². The lowest BCUT2D eigenvalue weighted by atomic mass is 10.0. The first-order chi connectivity index (χ1) is 7.76. The van der Waals surface area contributed by atoms with E-state index in [0.717, 1.165) is 25.3 Å². The maximum absolute atomic E-state index is 5.32. The fourth-order valence-electron chi connectivity index (χ4n) is 2.18. The number of methoxy groups -OCH3 is 1. The summed E-state index contributed by atoms with van der Waals surface area (Å²) in [5.74, 6) is 1.75. The minimum Gasteiger partial charge on any atom is -0.373 e. The molecule has 0 amide bonds. The van der Waals surface area contributed by atoms with Crippen molar-refractivity contribution in [3.05, 3.63) is 11.7 Å². The van der Waals surface area contributed by atoms with E-state index in [1.165, 1.54) is 0 Å². The third-order valence-corrected chi connectivity index (χ3v) is 3.24. The molecule has 1 fully saturated rings. The first-order valence-corrected chi connectivity index (χ1v) is 5.86. The highest BCUT2D eigenvalue weighted by atomic mass is 16.5. The maximum atomic E-state index is 5.32. The lowest BCUT2D eigenvalue weighted by Crippen LogP contribution is -2.21. The molecule has 3 unspecified atom stereocenters. The normalized spacial score (nSPS) is 27.2. The van der Waals surface area contributed by atoms with Gasteiger partial charge in [0.25, 0.3) is 0 Å². The minimum absolute atomic E-state index is 0.0535. The zero-order valence-electron chi connectivity index (χ0n) is 10.1. The van der Waals surface area contributed by atoms with Crippen molar-refractivity contribution < 1.29 is 9.26 Å². The predicted molar refractivity (Wildman–Crippen MR) is 59.2 cm³/mol. The molecular weight excluding hydrogens is 206 g/mol. The Bertz CT molecular complexity index is 336. The first kappa shape index (κ1) is 11.5. The van der Waals surface area contributed by atoms with Gasteiger partial charge in [-0.2, -0.15) is 4.98 Å². The van der Waals surface area contributed by atoms with Crippen LogP contribution in [0.2, 0.25) is 0 Å². The van der Waals surface area contributed by atoms with Gasteiger partial charge in [-0.25, -0.2) is 0 Å². The van der Waals surface area contributed by atoms with Crippen molar-refractivity contribution in [1.82, 2.24) is 15.5 Å². The van der Waals surface area contributed by atoms with Crippen molar-refractivity contribution in [2.75, 3.05) is 13.7 Å². The second-order valence-electron chi connectivity index (χ2n) is 4.26. The Kier molecular flexibility index (Phi) is 3.56. The van der Waals surface area contributed by atoms with Crippen molar-refractivity contribution in [3.8, 4) is 0 Å². The van der Waals surface area contributed by atoms with Crippen molar-refractivity contribution >= 4 is 0 Å². The van der Waals surface area contributed by atoms with Crippen LogP contribution in [0.15, 0.2) is 4.52 Å². The number of aromatic nitrogens is 2. The quantitative estimate of drug-likeness (QED) is 0.844. The number of ether oxygens (including phenoxy) is 1. The Hall–Kier alpha value is -0.940. The summed E-state index contributed by atoms with van der Waals surface area (Å²) in [5, 5.41) is 7.37. The van der Waals surface area contributed by atoms with E-state index in [4.69, 9.17) is 9.26 Å². The van der Waals surface area contributed by atoms with E-state index in [-0.39, 0.29) is 6.10 Å². The molecule has 16 heavy (non-hydrogen) atoms. The fraction of sp³-hybridized carbons (Fsp3) is 0.818. The Morgan fingerprint density at radius 3 is 3.00 bits per heavy atom. The van der Waals surface area contributed by atoms with Crippen molar-refractivity contribution in [3.63, 3.8) is 0 Å². The van der Waals surface area contributed by atoms with E-state index in [0.29, 0.717) is 17.8 Å². The minimum atomic E-state index is -0.0535. The Morgan fingerprint density at radius 2 is 2.44 bits per heavy atom. The molecule has 0 radical (unpaired) electrons. The Balaban J connectivity index is 2.12. The predicted octanol–water partition coefficient (Wildman–Crippen LogP) is 1.63. The summed E-state index contributed by atoms with van der Waals surface area (Å²) in [6.07, 6.45) is 1.86. The molecule has 1 aromatic rings. The summed E-state index contributed by atoms with van der Waals surface area (Å²) in [5.41, 5.74) is 0. The molecule has 90 valence electrons. The van der Waals surface area contributed by atoms with Gasteiger partial charge in [0.15, 0.2) is 0 Å². The van der Waals surface area contributed by atoms with Crippen LogP contribution in [0, 0.1) is 0 Å². The number of rotatable bonds is 4. The molecule has 2 rings (SSSR count). The molecule has 0 aliphatic carbocycles. The molecule has 0 aromatic carbocycles. The van der Waals surface area contributed by atoms with Crippen molar-refractivity contribution in [2.45, 2.75) is 44.8 Å². The smallest absolute Gasteiger partial charge is 0.231 e. The number of hydrogen-bond acceptors (Lipinski definition) is 5. The van der Waals surface area contributed by atoms with Crippen LogP contribution in [-0.4, -0.2) is 29.8 Å². The molecule has 0 bridgehead atoms. The van der Waals surface area contributed by atoms with Crippen LogP contribution >= 0.6 is 0 Å². The third kappa shape index (κ3) is 2.10. The standard InChI is InChI=1S/C11H19N3O2/c1-4-9(15-3)10-13-11(16-14-10)8-5-6-12-7(8)2/h7-9,12H,4-6H2,1-3H3. The zero-order valence-corrected chi connectivity index (χ0v) is 10.1. The monoisotopic (exact) mass is 225 g/mol. The first-order valence-electron chi connectivity index (χ1n) is 5.86. The van der Waals surface area contributed by atoms with Crippen molar-refractivity contribution in [2.24, 2.45) is 0 Å². The molecule has 3 atom stereocenters. The molecule has 0 saturated carbocycles. The summed E-state index contributed by atoms with van der Waals surface area (Å²) < 4.78 is 10.6. The van der Waals surface area contributed by atoms with E-state index in [2.05, 4.69) is 22.4 Å². The number of nitrogens with one attached hydrogen (secondary N) is 1. The SMILES string of the molecule is CCC(OC)c1noc(C2CCNC2C)n1. The molecule has 5 nitrogen and oxygen atoms in total. The van der Waals surface area contributed by atoms with E-state index in [9.17, 15) is 0 Å². The van der Waals surface area contributed by atoms with Crippen LogP contribution in [0.5, 0.6) is 0 Å². The summed E-state index contributed by atoms with van der Waals surface area (Å²) >= 11 is 0. The molecular formula is C11H19N3O2. The Morgan fingerprint density at radius 1 is 1.62 bits per heavy atom. The van der Waals surface area contributed by atoms with Crippen LogP contribution in [0.4, 0.5) is 0 Å². The zero-order chi connectivity index (χ0) is 11.5. The van der Waals surface area contributed by atoms with Gasteiger partial charge in [0.05, 0.1) is 5.92 Å². The highest BCUT2D eigenvalue weighted by Crippen LogP contribution is 2.27. The molecule has 2 heterocycles. The van der Waals surface area contributed by atoms with Gasteiger partial charge in [0.2, 0.25) is 11.7 Å². The lowest BCUT2D eigenvalue weighted by Gasteiger charge is -2.09. The van der Waals surface area contributed by atoms with Gasteiger partial charge < -0.3 is 14.6 Å². The van der Waals surface area contributed by atoms with Gasteiger partial charge in [0.1, 0.15) is 6.10 Å². The third-order valence-electron chi connectivity index (χ3n) is 3.24. The van der Waals surface area contributed by atoms with E-state index >= 15 is 0 Å². The second-order valence-corrected chi connectivity index (χ2v) is 4.26.